The van der Waals surface area contributed by atoms with Crippen molar-refractivity contribution < 1.29 is 19.1 Å². The Labute approximate surface area is 150 Å². The standard InChI is InChI=1S/C19H32N2O4/c20-15-9-5-13(6-10-15)19(14-7-11-16(21)12-8-14)24-17(22)3-1-2-4-18(23)25-19/h13-16H,1-12,20-21H2. The van der Waals surface area contributed by atoms with Crippen molar-refractivity contribution in [3.63, 3.8) is 0 Å². The molecule has 0 atom stereocenters. The maximum absolute atomic E-state index is 12.5. The molecular weight excluding hydrogens is 320 g/mol. The first kappa shape index (κ1) is 18.6. The molecule has 142 valence electrons. The van der Waals surface area contributed by atoms with Crippen LogP contribution in [0, 0.1) is 11.8 Å². The Bertz CT molecular complexity index is 436. The SMILES string of the molecule is NC1CCC(C2(C3CCC(N)CC3)OC(=O)CCCCC(=O)O2)CC1. The molecule has 0 amide bonds. The third-order valence-corrected chi connectivity index (χ3v) is 6.24. The molecule has 2 aliphatic carbocycles. The van der Waals surface area contributed by atoms with Gasteiger partial charge in [-0.2, -0.15) is 0 Å². The molecular formula is C19H32N2O4. The van der Waals surface area contributed by atoms with Crippen molar-refractivity contribution in [2.45, 2.75) is 94.9 Å². The summed E-state index contributed by atoms with van der Waals surface area (Å²) in [5.74, 6) is -1.51. The van der Waals surface area contributed by atoms with Crippen LogP contribution in [0.25, 0.3) is 0 Å². The van der Waals surface area contributed by atoms with E-state index in [1.54, 1.807) is 0 Å². The van der Waals surface area contributed by atoms with Gasteiger partial charge in [-0.05, 0) is 64.2 Å². The number of carbonyl (C=O) groups is 2. The molecule has 6 nitrogen and oxygen atoms in total. The Hall–Kier alpha value is -1.14. The van der Waals surface area contributed by atoms with E-state index in [-0.39, 0.29) is 35.9 Å². The molecule has 2 saturated carbocycles. The summed E-state index contributed by atoms with van der Waals surface area (Å²) >= 11 is 0. The van der Waals surface area contributed by atoms with Crippen LogP contribution in [0.4, 0.5) is 0 Å². The molecule has 6 heteroatoms. The first-order valence-electron chi connectivity index (χ1n) is 9.94. The van der Waals surface area contributed by atoms with E-state index in [9.17, 15) is 9.59 Å². The van der Waals surface area contributed by atoms with E-state index in [0.29, 0.717) is 25.7 Å². The van der Waals surface area contributed by atoms with Crippen LogP contribution in [0.5, 0.6) is 0 Å². The average Bonchev–Trinajstić information content (AvgIpc) is 2.66. The number of ether oxygens (including phenoxy) is 2. The lowest BCUT2D eigenvalue weighted by Crippen LogP contribution is -2.55. The smallest absolute Gasteiger partial charge is 0.309 e. The molecule has 0 aromatic heterocycles. The number of carbonyl (C=O) groups excluding carboxylic acids is 2. The van der Waals surface area contributed by atoms with Crippen LogP contribution in [0.2, 0.25) is 0 Å². The Morgan fingerprint density at radius 3 is 1.40 bits per heavy atom. The second kappa shape index (κ2) is 8.04. The number of rotatable bonds is 2. The van der Waals surface area contributed by atoms with Crippen molar-refractivity contribution in [2.75, 3.05) is 0 Å². The highest BCUT2D eigenvalue weighted by Gasteiger charge is 2.53. The van der Waals surface area contributed by atoms with Gasteiger partial charge in [0.1, 0.15) is 0 Å². The lowest BCUT2D eigenvalue weighted by Gasteiger charge is -2.47. The summed E-state index contributed by atoms with van der Waals surface area (Å²) in [6, 6.07) is 0.381. The van der Waals surface area contributed by atoms with Crippen LogP contribution in [-0.2, 0) is 19.1 Å². The van der Waals surface area contributed by atoms with Gasteiger partial charge in [-0.15, -0.1) is 0 Å². The van der Waals surface area contributed by atoms with Gasteiger partial charge in [-0.3, -0.25) is 9.59 Å². The zero-order chi connectivity index (χ0) is 17.9. The fourth-order valence-corrected chi connectivity index (χ4v) is 4.73. The number of nitrogens with two attached hydrogens (primary N) is 2. The minimum atomic E-state index is -1.11. The Morgan fingerprint density at radius 2 is 1.04 bits per heavy atom. The third kappa shape index (κ3) is 4.34. The van der Waals surface area contributed by atoms with Crippen LogP contribution >= 0.6 is 0 Å². The van der Waals surface area contributed by atoms with Gasteiger partial charge in [0.2, 0.25) is 0 Å². The summed E-state index contributed by atoms with van der Waals surface area (Å²) in [5, 5.41) is 0. The summed E-state index contributed by atoms with van der Waals surface area (Å²) in [7, 11) is 0. The minimum Gasteiger partial charge on any atom is -0.422 e. The van der Waals surface area contributed by atoms with Gasteiger partial charge in [-0.1, -0.05) is 0 Å². The van der Waals surface area contributed by atoms with Crippen LogP contribution in [0.1, 0.15) is 77.0 Å². The maximum Gasteiger partial charge on any atom is 0.309 e. The van der Waals surface area contributed by atoms with Crippen molar-refractivity contribution in [1.29, 1.82) is 0 Å². The molecule has 1 aliphatic heterocycles. The quantitative estimate of drug-likeness (QED) is 0.739. The monoisotopic (exact) mass is 352 g/mol. The van der Waals surface area contributed by atoms with Crippen molar-refractivity contribution >= 4 is 11.9 Å². The first-order chi connectivity index (χ1) is 12.0. The number of esters is 2. The van der Waals surface area contributed by atoms with E-state index in [2.05, 4.69) is 0 Å². The Kier molecular flexibility index (Phi) is 6.00. The molecule has 0 radical (unpaired) electrons. The molecule has 0 aromatic carbocycles. The third-order valence-electron chi connectivity index (χ3n) is 6.24. The molecule has 4 N–H and O–H groups in total. The van der Waals surface area contributed by atoms with Gasteiger partial charge >= 0.3 is 11.9 Å². The highest BCUT2D eigenvalue weighted by molar-refractivity contribution is 5.73. The van der Waals surface area contributed by atoms with E-state index in [1.807, 2.05) is 0 Å². The van der Waals surface area contributed by atoms with E-state index in [0.717, 1.165) is 51.4 Å². The van der Waals surface area contributed by atoms with Gasteiger partial charge in [0.15, 0.2) is 0 Å². The minimum absolute atomic E-state index is 0.0395. The molecule has 25 heavy (non-hydrogen) atoms. The number of cyclic esters (lactones) is 2. The molecule has 1 saturated heterocycles. The van der Waals surface area contributed by atoms with Crippen molar-refractivity contribution in [2.24, 2.45) is 23.3 Å². The molecule has 0 bridgehead atoms. The lowest BCUT2D eigenvalue weighted by atomic mass is 9.71. The van der Waals surface area contributed by atoms with Gasteiger partial charge in [0.05, 0.1) is 0 Å². The zero-order valence-corrected chi connectivity index (χ0v) is 15.1. The van der Waals surface area contributed by atoms with Gasteiger partial charge in [0.25, 0.3) is 5.79 Å². The van der Waals surface area contributed by atoms with Crippen molar-refractivity contribution in [1.82, 2.24) is 0 Å². The van der Waals surface area contributed by atoms with Crippen LogP contribution < -0.4 is 11.5 Å². The lowest BCUT2D eigenvalue weighted by molar-refractivity contribution is -0.277. The van der Waals surface area contributed by atoms with E-state index in [1.165, 1.54) is 0 Å². The van der Waals surface area contributed by atoms with Gasteiger partial charge < -0.3 is 20.9 Å². The fourth-order valence-electron chi connectivity index (χ4n) is 4.73. The van der Waals surface area contributed by atoms with Crippen molar-refractivity contribution in [3.8, 4) is 0 Å². The number of hydrogen-bond acceptors (Lipinski definition) is 6. The van der Waals surface area contributed by atoms with E-state index >= 15 is 0 Å². The molecule has 3 fully saturated rings. The Morgan fingerprint density at radius 1 is 0.680 bits per heavy atom. The summed E-state index contributed by atoms with van der Waals surface area (Å²) in [6.45, 7) is 0. The fraction of sp³-hybridized carbons (Fsp3) is 0.895. The molecule has 0 unspecified atom stereocenters. The van der Waals surface area contributed by atoms with E-state index < -0.39 is 5.79 Å². The highest BCUT2D eigenvalue weighted by Crippen LogP contribution is 2.46. The molecule has 0 spiro atoms. The zero-order valence-electron chi connectivity index (χ0n) is 15.1. The van der Waals surface area contributed by atoms with E-state index in [4.69, 9.17) is 20.9 Å². The first-order valence-corrected chi connectivity index (χ1v) is 9.94. The predicted molar refractivity (Wildman–Crippen MR) is 93.2 cm³/mol. The summed E-state index contributed by atoms with van der Waals surface area (Å²) in [5.41, 5.74) is 12.1. The molecule has 1 heterocycles. The van der Waals surface area contributed by atoms with Crippen LogP contribution in [0.15, 0.2) is 0 Å². The average molecular weight is 352 g/mol. The highest BCUT2D eigenvalue weighted by atomic mass is 16.7. The predicted octanol–water partition coefficient (Wildman–Crippen LogP) is 2.38. The Balaban J connectivity index is 1.90. The topological polar surface area (TPSA) is 105 Å². The largest absolute Gasteiger partial charge is 0.422 e. The van der Waals surface area contributed by atoms with Crippen LogP contribution in [-0.4, -0.2) is 29.8 Å². The summed E-state index contributed by atoms with van der Waals surface area (Å²) in [4.78, 5) is 24.9. The van der Waals surface area contributed by atoms with Gasteiger partial charge in [0, 0.05) is 36.8 Å². The summed E-state index contributed by atoms with van der Waals surface area (Å²) in [6.07, 6.45) is 8.95. The summed E-state index contributed by atoms with van der Waals surface area (Å²) < 4.78 is 12.0. The molecule has 0 aromatic rings. The molecule has 3 aliphatic rings. The molecule has 3 rings (SSSR count). The second-order valence-electron chi connectivity index (χ2n) is 8.10. The second-order valence-corrected chi connectivity index (χ2v) is 8.10. The van der Waals surface area contributed by atoms with Gasteiger partial charge in [-0.25, -0.2) is 0 Å². The normalized spacial score (nSPS) is 37.2. The number of hydrogen-bond donors (Lipinski definition) is 2. The van der Waals surface area contributed by atoms with Crippen molar-refractivity contribution in [3.05, 3.63) is 0 Å². The van der Waals surface area contributed by atoms with Crippen LogP contribution in [0.3, 0.4) is 0 Å². The maximum atomic E-state index is 12.5.